The van der Waals surface area contributed by atoms with Gasteiger partial charge in [-0.05, 0) is 37.0 Å². The highest BCUT2D eigenvalue weighted by Crippen LogP contribution is 2.53. The van der Waals surface area contributed by atoms with Crippen LogP contribution in [0.1, 0.15) is 67.6 Å². The number of fused-ring (bicyclic) bond motifs is 1. The minimum absolute atomic E-state index is 0.0132. The van der Waals surface area contributed by atoms with Crippen molar-refractivity contribution in [3.63, 3.8) is 0 Å². The fourth-order valence-corrected chi connectivity index (χ4v) is 6.54. The number of amides is 2. The Morgan fingerprint density at radius 2 is 1.84 bits per heavy atom. The molecule has 3 fully saturated rings. The molecule has 2 aromatic rings. The SMILES string of the molecule is CC(=O)N1[C@@H]2CN(C(=O)c3ccnc(Cc4ccccc4)c3)[C@@H]3CCCC[C@H]1[C@]3(C)C2. The maximum absolute atomic E-state index is 13.7. The minimum atomic E-state index is -0.0132. The van der Waals surface area contributed by atoms with E-state index in [1.807, 2.05) is 30.3 Å². The van der Waals surface area contributed by atoms with Crippen molar-refractivity contribution in [1.82, 2.24) is 14.8 Å². The van der Waals surface area contributed by atoms with Gasteiger partial charge in [0.15, 0.2) is 0 Å². The molecule has 2 amide bonds. The number of hydrogen-bond acceptors (Lipinski definition) is 3. The largest absolute Gasteiger partial charge is 0.335 e. The molecular weight excluding hydrogens is 386 g/mol. The van der Waals surface area contributed by atoms with Gasteiger partial charge in [0.2, 0.25) is 5.91 Å². The molecule has 2 saturated heterocycles. The Morgan fingerprint density at radius 1 is 1.10 bits per heavy atom. The summed E-state index contributed by atoms with van der Waals surface area (Å²) in [5.41, 5.74) is 2.79. The van der Waals surface area contributed by atoms with Crippen molar-refractivity contribution in [3.8, 4) is 0 Å². The number of nitrogens with zero attached hydrogens (tertiary/aromatic N) is 3. The molecule has 1 aromatic heterocycles. The van der Waals surface area contributed by atoms with Crippen LogP contribution in [0.4, 0.5) is 0 Å². The van der Waals surface area contributed by atoms with Crippen molar-refractivity contribution >= 4 is 11.8 Å². The number of rotatable bonds is 3. The van der Waals surface area contributed by atoms with Crippen LogP contribution < -0.4 is 0 Å². The summed E-state index contributed by atoms with van der Waals surface area (Å²) in [5.74, 6) is 0.242. The van der Waals surface area contributed by atoms with Crippen LogP contribution in [0.3, 0.4) is 0 Å². The summed E-state index contributed by atoms with van der Waals surface area (Å²) in [4.78, 5) is 35.0. The molecule has 2 aliphatic heterocycles. The number of benzene rings is 1. The normalized spacial score (nSPS) is 29.5. The monoisotopic (exact) mass is 417 g/mol. The van der Waals surface area contributed by atoms with Crippen molar-refractivity contribution < 1.29 is 9.59 Å². The van der Waals surface area contributed by atoms with Gasteiger partial charge < -0.3 is 9.80 Å². The molecule has 1 aromatic carbocycles. The van der Waals surface area contributed by atoms with Gasteiger partial charge in [-0.2, -0.15) is 0 Å². The Hall–Kier alpha value is -2.69. The van der Waals surface area contributed by atoms with Gasteiger partial charge in [-0.3, -0.25) is 14.6 Å². The topological polar surface area (TPSA) is 53.5 Å². The highest BCUT2D eigenvalue weighted by molar-refractivity contribution is 5.95. The van der Waals surface area contributed by atoms with E-state index in [9.17, 15) is 9.59 Å². The van der Waals surface area contributed by atoms with E-state index in [2.05, 4.69) is 33.8 Å². The molecule has 0 radical (unpaired) electrons. The Labute approximate surface area is 184 Å². The molecule has 1 saturated carbocycles. The lowest BCUT2D eigenvalue weighted by Gasteiger charge is -2.46. The predicted octanol–water partition coefficient (Wildman–Crippen LogP) is 4.07. The maximum atomic E-state index is 13.7. The molecule has 31 heavy (non-hydrogen) atoms. The fraction of sp³-hybridized carbons (Fsp3) is 0.500. The third-order valence-corrected chi connectivity index (χ3v) is 7.83. The molecule has 2 bridgehead atoms. The minimum Gasteiger partial charge on any atom is -0.335 e. The van der Waals surface area contributed by atoms with E-state index in [4.69, 9.17) is 0 Å². The summed E-state index contributed by atoms with van der Waals surface area (Å²) in [6.07, 6.45) is 7.82. The summed E-state index contributed by atoms with van der Waals surface area (Å²) < 4.78 is 0. The lowest BCUT2D eigenvalue weighted by Crippen LogP contribution is -2.55. The number of likely N-dealkylation sites (tertiary alicyclic amines) is 2. The first-order valence-corrected chi connectivity index (χ1v) is 11.6. The number of piperidine rings is 1. The van der Waals surface area contributed by atoms with Crippen LogP contribution in [-0.4, -0.2) is 51.3 Å². The number of pyridine rings is 1. The molecular formula is C26H31N3O2. The van der Waals surface area contributed by atoms with Crippen molar-refractivity contribution in [3.05, 3.63) is 65.5 Å². The molecule has 0 N–H and O–H groups in total. The second-order valence-corrected chi connectivity index (χ2v) is 9.76. The zero-order chi connectivity index (χ0) is 21.6. The smallest absolute Gasteiger partial charge is 0.254 e. The van der Waals surface area contributed by atoms with Crippen molar-refractivity contribution in [1.29, 1.82) is 0 Å². The molecule has 5 rings (SSSR count). The zero-order valence-corrected chi connectivity index (χ0v) is 18.5. The first-order valence-electron chi connectivity index (χ1n) is 11.6. The molecule has 3 heterocycles. The molecule has 5 nitrogen and oxygen atoms in total. The summed E-state index contributed by atoms with van der Waals surface area (Å²) >= 11 is 0. The van der Waals surface area contributed by atoms with Crippen molar-refractivity contribution in [2.24, 2.45) is 5.41 Å². The Morgan fingerprint density at radius 3 is 2.58 bits per heavy atom. The molecule has 1 aliphatic carbocycles. The third kappa shape index (κ3) is 3.44. The standard InChI is InChI=1S/C26H31N3O2/c1-18(30)29-22-16-26(2)23(10-6-7-11-24(26)29)28(17-22)25(31)20-12-13-27-21(15-20)14-19-8-4-3-5-9-19/h3-5,8-9,12-13,15,22-24H,6-7,10-11,14,16-17H2,1-2H3/t22-,23+,24-,26+/m0/s1. The van der Waals surface area contributed by atoms with Gasteiger partial charge in [0.1, 0.15) is 0 Å². The van der Waals surface area contributed by atoms with Gasteiger partial charge in [-0.1, -0.05) is 50.1 Å². The highest BCUT2D eigenvalue weighted by atomic mass is 16.2. The summed E-state index contributed by atoms with van der Waals surface area (Å²) in [6, 6.07) is 14.6. The van der Waals surface area contributed by atoms with Crippen LogP contribution in [0.5, 0.6) is 0 Å². The molecule has 5 heteroatoms. The third-order valence-electron chi connectivity index (χ3n) is 7.83. The van der Waals surface area contributed by atoms with Crippen LogP contribution in [-0.2, 0) is 11.2 Å². The maximum Gasteiger partial charge on any atom is 0.254 e. The number of aromatic nitrogens is 1. The molecule has 3 aliphatic rings. The van der Waals surface area contributed by atoms with Crippen molar-refractivity contribution in [2.45, 2.75) is 70.5 Å². The van der Waals surface area contributed by atoms with E-state index >= 15 is 0 Å². The average Bonchev–Trinajstić information content (AvgIpc) is 2.87. The average molecular weight is 418 g/mol. The van der Waals surface area contributed by atoms with Crippen LogP contribution in [0, 0.1) is 5.41 Å². The Bertz CT molecular complexity index is 991. The van der Waals surface area contributed by atoms with E-state index in [0.717, 1.165) is 37.8 Å². The van der Waals surface area contributed by atoms with Gasteiger partial charge in [-0.25, -0.2) is 0 Å². The molecule has 4 atom stereocenters. The second kappa shape index (κ2) is 7.77. The quantitative estimate of drug-likeness (QED) is 0.757. The van der Waals surface area contributed by atoms with Crippen LogP contribution in [0.15, 0.2) is 48.7 Å². The van der Waals surface area contributed by atoms with E-state index in [1.54, 1.807) is 13.1 Å². The fourth-order valence-electron chi connectivity index (χ4n) is 6.54. The van der Waals surface area contributed by atoms with E-state index in [1.165, 1.54) is 5.56 Å². The predicted molar refractivity (Wildman–Crippen MR) is 120 cm³/mol. The zero-order valence-electron chi connectivity index (χ0n) is 18.5. The van der Waals surface area contributed by atoms with Gasteiger partial charge in [0, 0.05) is 54.8 Å². The van der Waals surface area contributed by atoms with Gasteiger partial charge in [0.05, 0.1) is 6.04 Å². The van der Waals surface area contributed by atoms with Crippen LogP contribution in [0.2, 0.25) is 0 Å². The van der Waals surface area contributed by atoms with Crippen LogP contribution in [0.25, 0.3) is 0 Å². The Balaban J connectivity index is 1.44. The number of carbonyl (C=O) groups is 2. The van der Waals surface area contributed by atoms with Gasteiger partial charge in [0.25, 0.3) is 5.91 Å². The lowest BCUT2D eigenvalue weighted by atomic mass is 9.71. The van der Waals surface area contributed by atoms with E-state index in [0.29, 0.717) is 18.5 Å². The van der Waals surface area contributed by atoms with Gasteiger partial charge >= 0.3 is 0 Å². The van der Waals surface area contributed by atoms with Crippen LogP contribution >= 0.6 is 0 Å². The Kier molecular flexibility index (Phi) is 5.07. The first-order chi connectivity index (χ1) is 15.0. The summed E-state index contributed by atoms with van der Waals surface area (Å²) in [7, 11) is 0. The summed E-state index contributed by atoms with van der Waals surface area (Å²) in [5, 5.41) is 0. The van der Waals surface area contributed by atoms with E-state index in [-0.39, 0.29) is 35.4 Å². The highest BCUT2D eigenvalue weighted by Gasteiger charge is 2.60. The van der Waals surface area contributed by atoms with Crippen molar-refractivity contribution in [2.75, 3.05) is 6.54 Å². The molecule has 0 unspecified atom stereocenters. The second-order valence-electron chi connectivity index (χ2n) is 9.76. The molecule has 0 spiro atoms. The summed E-state index contributed by atoms with van der Waals surface area (Å²) in [6.45, 7) is 4.65. The van der Waals surface area contributed by atoms with Gasteiger partial charge in [-0.15, -0.1) is 0 Å². The number of carbonyl (C=O) groups excluding carboxylic acids is 2. The lowest BCUT2D eigenvalue weighted by molar-refractivity contribution is -0.132. The van der Waals surface area contributed by atoms with E-state index < -0.39 is 0 Å². The first kappa shape index (κ1) is 20.2. The molecule has 162 valence electrons. The number of hydrogen-bond donors (Lipinski definition) is 0.